The van der Waals surface area contributed by atoms with E-state index in [1.807, 2.05) is 6.08 Å². The van der Waals surface area contributed by atoms with E-state index in [9.17, 15) is 0 Å². The fourth-order valence-electron chi connectivity index (χ4n) is 9.95. The van der Waals surface area contributed by atoms with Crippen LogP contribution in [0.5, 0.6) is 5.75 Å². The van der Waals surface area contributed by atoms with Crippen LogP contribution in [0, 0.1) is 0 Å². The molecule has 0 bridgehead atoms. The largest absolute Gasteiger partial charge is 0.489 e. The number of anilines is 3. The molecule has 1 unspecified atom stereocenters. The second kappa shape index (κ2) is 13.9. The summed E-state index contributed by atoms with van der Waals surface area (Å²) in [5, 5.41) is 2.47. The molecular formula is C56H45NO. The van der Waals surface area contributed by atoms with Crippen LogP contribution >= 0.6 is 0 Å². The van der Waals surface area contributed by atoms with Gasteiger partial charge in [-0.15, -0.1) is 6.58 Å². The van der Waals surface area contributed by atoms with Gasteiger partial charge in [0.1, 0.15) is 12.4 Å². The summed E-state index contributed by atoms with van der Waals surface area (Å²) >= 11 is 0. The third-order valence-corrected chi connectivity index (χ3v) is 12.6. The number of hydrogen-bond acceptors (Lipinski definition) is 2. The molecule has 0 radical (unpaired) electrons. The van der Waals surface area contributed by atoms with Crippen LogP contribution in [0.2, 0.25) is 0 Å². The number of hydrogen-bond donors (Lipinski definition) is 0. The summed E-state index contributed by atoms with van der Waals surface area (Å²) in [5.41, 5.74) is 16.5. The first-order valence-electron chi connectivity index (χ1n) is 20.3. The summed E-state index contributed by atoms with van der Waals surface area (Å²) < 4.78 is 6.48. The van der Waals surface area contributed by atoms with E-state index in [2.05, 4.69) is 214 Å². The van der Waals surface area contributed by atoms with Gasteiger partial charge in [0.15, 0.2) is 0 Å². The molecule has 2 nitrogen and oxygen atoms in total. The lowest BCUT2D eigenvalue weighted by atomic mass is 9.69. The molecule has 0 N–H and O–H groups in total. The van der Waals surface area contributed by atoms with Crippen LogP contribution in [0.4, 0.5) is 17.1 Å². The maximum absolute atomic E-state index is 6.48. The van der Waals surface area contributed by atoms with Crippen LogP contribution in [-0.4, -0.2) is 6.61 Å². The maximum Gasteiger partial charge on any atom is 0.124 e. The van der Waals surface area contributed by atoms with Crippen LogP contribution in [-0.2, 0) is 10.8 Å². The van der Waals surface area contributed by atoms with Crippen LogP contribution in [0.25, 0.3) is 44.2 Å². The lowest BCUT2D eigenvalue weighted by Crippen LogP contribution is -2.27. The van der Waals surface area contributed by atoms with Crippen molar-refractivity contribution in [3.8, 4) is 39.1 Å². The van der Waals surface area contributed by atoms with E-state index in [0.717, 1.165) is 28.4 Å². The van der Waals surface area contributed by atoms with Crippen molar-refractivity contribution < 1.29 is 4.74 Å². The standard InChI is InChI=1S/C56H45NO/c1-5-34-56(49-22-14-15-23-53(49)58-35-6-2)50-33-26-40-18-10-11-19-44(40)54(50)47-32-30-43(37-52(47)56)57(41-27-24-39(25-28-41)38-16-8-7-9-17-38)42-29-31-46-45-20-12-13-21-48(45)55(3,4)51(46)36-42/h5-33,36-37H,1-2,34-35H2,3-4H3. The first-order valence-corrected chi connectivity index (χ1v) is 20.3. The zero-order chi connectivity index (χ0) is 39.4. The average molecular weight is 748 g/mol. The molecule has 280 valence electrons. The van der Waals surface area contributed by atoms with Crippen molar-refractivity contribution in [3.05, 3.63) is 229 Å². The van der Waals surface area contributed by atoms with Gasteiger partial charge in [0.2, 0.25) is 0 Å². The molecule has 1 atom stereocenters. The van der Waals surface area contributed by atoms with E-state index < -0.39 is 5.41 Å². The predicted molar refractivity (Wildman–Crippen MR) is 244 cm³/mol. The molecule has 0 aliphatic heterocycles. The van der Waals surface area contributed by atoms with E-state index >= 15 is 0 Å². The van der Waals surface area contributed by atoms with Gasteiger partial charge >= 0.3 is 0 Å². The quantitative estimate of drug-likeness (QED) is 0.129. The van der Waals surface area contributed by atoms with Crippen LogP contribution < -0.4 is 9.64 Å². The predicted octanol–water partition coefficient (Wildman–Crippen LogP) is 14.7. The molecule has 0 spiro atoms. The monoisotopic (exact) mass is 747 g/mol. The van der Waals surface area contributed by atoms with Gasteiger partial charge in [-0.05, 0) is 115 Å². The molecule has 2 aliphatic carbocycles. The number of rotatable bonds is 10. The smallest absolute Gasteiger partial charge is 0.124 e. The Kier molecular flexibility index (Phi) is 8.53. The van der Waals surface area contributed by atoms with Gasteiger partial charge in [-0.3, -0.25) is 0 Å². The van der Waals surface area contributed by atoms with Gasteiger partial charge in [-0.1, -0.05) is 166 Å². The number of allylic oxidation sites excluding steroid dienone is 1. The molecule has 0 heterocycles. The average Bonchev–Trinajstić information content (AvgIpc) is 3.68. The Bertz CT molecular complexity index is 2880. The minimum absolute atomic E-state index is 0.139. The van der Waals surface area contributed by atoms with Gasteiger partial charge in [0.05, 0.1) is 5.41 Å². The Morgan fingerprint density at radius 1 is 0.500 bits per heavy atom. The summed E-state index contributed by atoms with van der Waals surface area (Å²) in [6, 6.07) is 64.5. The maximum atomic E-state index is 6.48. The minimum Gasteiger partial charge on any atom is -0.489 e. The molecule has 10 rings (SSSR count). The van der Waals surface area contributed by atoms with Gasteiger partial charge < -0.3 is 9.64 Å². The first-order chi connectivity index (χ1) is 28.4. The van der Waals surface area contributed by atoms with E-state index in [4.69, 9.17) is 4.74 Å². The van der Waals surface area contributed by atoms with E-state index in [1.165, 1.54) is 66.4 Å². The molecule has 2 aliphatic rings. The van der Waals surface area contributed by atoms with Gasteiger partial charge in [-0.2, -0.15) is 0 Å². The van der Waals surface area contributed by atoms with Crippen molar-refractivity contribution >= 4 is 27.8 Å². The van der Waals surface area contributed by atoms with Crippen LogP contribution in [0.15, 0.2) is 201 Å². The van der Waals surface area contributed by atoms with E-state index in [1.54, 1.807) is 0 Å². The summed E-state index contributed by atoms with van der Waals surface area (Å²) in [7, 11) is 0. The molecule has 8 aromatic carbocycles. The number of benzene rings is 8. The fraction of sp³-hybridized carbons (Fsp3) is 0.107. The molecule has 2 heteroatoms. The van der Waals surface area contributed by atoms with Crippen molar-refractivity contribution in [1.82, 2.24) is 0 Å². The van der Waals surface area contributed by atoms with E-state index in [-0.39, 0.29) is 5.41 Å². The third kappa shape index (κ3) is 5.40. The Hall–Kier alpha value is -6.90. The van der Waals surface area contributed by atoms with Crippen molar-refractivity contribution in [3.63, 3.8) is 0 Å². The molecule has 8 aromatic rings. The van der Waals surface area contributed by atoms with Crippen LogP contribution in [0.3, 0.4) is 0 Å². The van der Waals surface area contributed by atoms with Crippen molar-refractivity contribution in [2.75, 3.05) is 11.5 Å². The number of ether oxygens (including phenoxy) is 1. The first kappa shape index (κ1) is 35.5. The summed E-state index contributed by atoms with van der Waals surface area (Å²) in [6.07, 6.45) is 4.59. The summed E-state index contributed by atoms with van der Waals surface area (Å²) in [6.45, 7) is 13.5. The van der Waals surface area contributed by atoms with Crippen molar-refractivity contribution in [2.24, 2.45) is 0 Å². The third-order valence-electron chi connectivity index (χ3n) is 12.6. The molecular weight excluding hydrogens is 703 g/mol. The number of para-hydroxylation sites is 1. The Morgan fingerprint density at radius 3 is 1.90 bits per heavy atom. The van der Waals surface area contributed by atoms with Gasteiger partial charge in [0.25, 0.3) is 0 Å². The molecule has 0 amide bonds. The molecule has 0 aromatic heterocycles. The minimum atomic E-state index is -0.561. The zero-order valence-corrected chi connectivity index (χ0v) is 33.1. The van der Waals surface area contributed by atoms with Crippen molar-refractivity contribution in [2.45, 2.75) is 31.1 Å². The molecule has 0 fully saturated rings. The fourth-order valence-corrected chi connectivity index (χ4v) is 9.95. The lowest BCUT2D eigenvalue weighted by molar-refractivity contribution is 0.353. The van der Waals surface area contributed by atoms with Gasteiger partial charge in [-0.25, -0.2) is 0 Å². The SMILES string of the molecule is C=CCOc1ccccc1C1(CC=C)c2cc(N(c3ccc(-c4ccccc4)cc3)c3ccc4c(c3)C(C)(C)c3ccccc3-4)ccc2-c2c1ccc1ccccc21. The highest BCUT2D eigenvalue weighted by molar-refractivity contribution is 6.04. The summed E-state index contributed by atoms with van der Waals surface area (Å²) in [5.74, 6) is 0.857. The van der Waals surface area contributed by atoms with Crippen molar-refractivity contribution in [1.29, 1.82) is 0 Å². The van der Waals surface area contributed by atoms with E-state index in [0.29, 0.717) is 13.0 Å². The zero-order valence-electron chi connectivity index (χ0n) is 33.1. The van der Waals surface area contributed by atoms with Crippen LogP contribution in [0.1, 0.15) is 48.1 Å². The highest BCUT2D eigenvalue weighted by Crippen LogP contribution is 2.59. The topological polar surface area (TPSA) is 12.5 Å². The highest BCUT2D eigenvalue weighted by atomic mass is 16.5. The number of nitrogens with zero attached hydrogens (tertiary/aromatic N) is 1. The molecule has 0 saturated carbocycles. The highest BCUT2D eigenvalue weighted by Gasteiger charge is 2.46. The Morgan fingerprint density at radius 2 is 1.12 bits per heavy atom. The van der Waals surface area contributed by atoms with Gasteiger partial charge in [0, 0.05) is 28.0 Å². The Labute approximate surface area is 342 Å². The summed E-state index contributed by atoms with van der Waals surface area (Å²) in [4.78, 5) is 2.44. The lowest BCUT2D eigenvalue weighted by Gasteiger charge is -2.34. The Balaban J connectivity index is 1.23. The molecule has 58 heavy (non-hydrogen) atoms. The second-order valence-corrected chi connectivity index (χ2v) is 16.1. The number of fused-ring (bicyclic) bond motifs is 8. The normalized spacial score (nSPS) is 15.6. The second-order valence-electron chi connectivity index (χ2n) is 16.1. The molecule has 0 saturated heterocycles.